The highest BCUT2D eigenvalue weighted by molar-refractivity contribution is 5.89. The second-order valence-electron chi connectivity index (χ2n) is 5.25. The van der Waals surface area contributed by atoms with Gasteiger partial charge in [0, 0.05) is 26.2 Å². The minimum atomic E-state index is -0.410. The first-order chi connectivity index (χ1) is 10.1. The van der Waals surface area contributed by atoms with Crippen LogP contribution in [0, 0.1) is 0 Å². The SMILES string of the molecule is CCN(CC)c1ccc(NC(=O)N2CCC[C@H](O)C2)cn1. The third-order valence-corrected chi connectivity index (χ3v) is 3.77. The van der Waals surface area contributed by atoms with Crippen LogP contribution >= 0.6 is 0 Å². The van der Waals surface area contributed by atoms with Crippen molar-refractivity contribution in [3.05, 3.63) is 18.3 Å². The Hall–Kier alpha value is -1.82. The van der Waals surface area contributed by atoms with Crippen molar-refractivity contribution in [2.45, 2.75) is 32.8 Å². The highest BCUT2D eigenvalue weighted by atomic mass is 16.3. The van der Waals surface area contributed by atoms with E-state index in [-0.39, 0.29) is 6.03 Å². The number of rotatable bonds is 4. The molecule has 21 heavy (non-hydrogen) atoms. The monoisotopic (exact) mass is 292 g/mol. The summed E-state index contributed by atoms with van der Waals surface area (Å²) in [6.07, 6.45) is 2.87. The van der Waals surface area contributed by atoms with Crippen molar-refractivity contribution in [3.8, 4) is 0 Å². The molecule has 2 amide bonds. The molecule has 0 unspecified atom stereocenters. The third kappa shape index (κ3) is 4.07. The maximum Gasteiger partial charge on any atom is 0.321 e. The summed E-state index contributed by atoms with van der Waals surface area (Å²) in [6.45, 7) is 7.07. The molecule has 1 aromatic heterocycles. The number of pyridine rings is 1. The Kier molecular flexibility index (Phi) is 5.38. The van der Waals surface area contributed by atoms with Gasteiger partial charge in [-0.25, -0.2) is 9.78 Å². The summed E-state index contributed by atoms with van der Waals surface area (Å²) in [5.74, 6) is 0.909. The van der Waals surface area contributed by atoms with Crippen molar-refractivity contribution in [1.82, 2.24) is 9.88 Å². The van der Waals surface area contributed by atoms with Gasteiger partial charge >= 0.3 is 6.03 Å². The van der Waals surface area contributed by atoms with Gasteiger partial charge in [0.25, 0.3) is 0 Å². The first-order valence-corrected chi connectivity index (χ1v) is 7.59. The molecule has 1 saturated heterocycles. The molecule has 0 saturated carbocycles. The number of hydrogen-bond donors (Lipinski definition) is 2. The lowest BCUT2D eigenvalue weighted by molar-refractivity contribution is 0.0883. The quantitative estimate of drug-likeness (QED) is 0.889. The van der Waals surface area contributed by atoms with Gasteiger partial charge in [-0.05, 0) is 38.8 Å². The van der Waals surface area contributed by atoms with Crippen LogP contribution < -0.4 is 10.2 Å². The smallest absolute Gasteiger partial charge is 0.321 e. The van der Waals surface area contributed by atoms with Gasteiger partial charge in [-0.3, -0.25) is 0 Å². The van der Waals surface area contributed by atoms with E-state index >= 15 is 0 Å². The van der Waals surface area contributed by atoms with Gasteiger partial charge in [0.2, 0.25) is 0 Å². The number of piperidine rings is 1. The molecular weight excluding hydrogens is 268 g/mol. The second-order valence-corrected chi connectivity index (χ2v) is 5.25. The minimum Gasteiger partial charge on any atom is -0.391 e. The average molecular weight is 292 g/mol. The number of β-amino-alcohol motifs (C(OH)–C–C–N with tert-alkyl or cyclic N) is 1. The lowest BCUT2D eigenvalue weighted by atomic mass is 10.1. The molecule has 2 heterocycles. The number of aromatic nitrogens is 1. The van der Waals surface area contributed by atoms with E-state index in [2.05, 4.69) is 29.0 Å². The highest BCUT2D eigenvalue weighted by Crippen LogP contribution is 2.16. The molecular formula is C15H24N4O2. The molecule has 1 atom stereocenters. The Bertz CT molecular complexity index is 459. The van der Waals surface area contributed by atoms with E-state index in [1.54, 1.807) is 11.1 Å². The van der Waals surface area contributed by atoms with E-state index in [1.165, 1.54) is 0 Å². The largest absolute Gasteiger partial charge is 0.391 e. The second kappa shape index (κ2) is 7.26. The number of carbonyl (C=O) groups excluding carboxylic acids is 1. The summed E-state index contributed by atoms with van der Waals surface area (Å²) in [6, 6.07) is 3.60. The van der Waals surface area contributed by atoms with Gasteiger partial charge < -0.3 is 20.2 Å². The number of amides is 2. The molecule has 0 spiro atoms. The van der Waals surface area contributed by atoms with E-state index in [1.807, 2.05) is 12.1 Å². The zero-order valence-corrected chi connectivity index (χ0v) is 12.7. The minimum absolute atomic E-state index is 0.175. The molecule has 2 N–H and O–H groups in total. The molecule has 0 bridgehead atoms. The fourth-order valence-corrected chi connectivity index (χ4v) is 2.54. The van der Waals surface area contributed by atoms with Crippen LogP contribution in [0.25, 0.3) is 0 Å². The molecule has 6 heteroatoms. The van der Waals surface area contributed by atoms with Crippen LogP contribution in [-0.2, 0) is 0 Å². The Morgan fingerprint density at radius 3 is 2.81 bits per heavy atom. The fraction of sp³-hybridized carbons (Fsp3) is 0.600. The Balaban J connectivity index is 1.95. The van der Waals surface area contributed by atoms with E-state index in [9.17, 15) is 9.90 Å². The molecule has 0 radical (unpaired) electrons. The van der Waals surface area contributed by atoms with Crippen LogP contribution in [0.1, 0.15) is 26.7 Å². The van der Waals surface area contributed by atoms with Crippen molar-refractivity contribution < 1.29 is 9.90 Å². The molecule has 0 aliphatic carbocycles. The van der Waals surface area contributed by atoms with E-state index in [0.717, 1.165) is 31.7 Å². The van der Waals surface area contributed by atoms with Crippen molar-refractivity contribution in [1.29, 1.82) is 0 Å². The van der Waals surface area contributed by atoms with Gasteiger partial charge in [-0.2, -0.15) is 0 Å². The Morgan fingerprint density at radius 2 is 2.24 bits per heavy atom. The summed E-state index contributed by atoms with van der Waals surface area (Å²) in [4.78, 5) is 20.3. The fourth-order valence-electron chi connectivity index (χ4n) is 2.54. The molecule has 6 nitrogen and oxygen atoms in total. The van der Waals surface area contributed by atoms with E-state index in [0.29, 0.717) is 18.8 Å². The van der Waals surface area contributed by atoms with E-state index < -0.39 is 6.10 Å². The number of anilines is 2. The number of aliphatic hydroxyl groups excluding tert-OH is 1. The Morgan fingerprint density at radius 1 is 1.48 bits per heavy atom. The maximum atomic E-state index is 12.1. The van der Waals surface area contributed by atoms with Gasteiger partial charge in [0.1, 0.15) is 5.82 Å². The van der Waals surface area contributed by atoms with Crippen LogP contribution in [0.2, 0.25) is 0 Å². The zero-order chi connectivity index (χ0) is 15.2. The average Bonchev–Trinajstić information content (AvgIpc) is 2.50. The topological polar surface area (TPSA) is 68.7 Å². The van der Waals surface area contributed by atoms with E-state index in [4.69, 9.17) is 0 Å². The normalized spacial score (nSPS) is 18.4. The van der Waals surface area contributed by atoms with Crippen LogP contribution in [0.3, 0.4) is 0 Å². The predicted molar refractivity (Wildman–Crippen MR) is 83.6 cm³/mol. The van der Waals surface area contributed by atoms with Crippen molar-refractivity contribution in [3.63, 3.8) is 0 Å². The molecule has 2 rings (SSSR count). The van der Waals surface area contributed by atoms with Gasteiger partial charge in [-0.15, -0.1) is 0 Å². The van der Waals surface area contributed by atoms with Crippen molar-refractivity contribution >= 4 is 17.5 Å². The first-order valence-electron chi connectivity index (χ1n) is 7.59. The number of nitrogens with zero attached hydrogens (tertiary/aromatic N) is 3. The predicted octanol–water partition coefficient (Wildman–Crippen LogP) is 1.92. The molecule has 1 aliphatic rings. The van der Waals surface area contributed by atoms with Gasteiger partial charge in [0.05, 0.1) is 18.0 Å². The van der Waals surface area contributed by atoms with Crippen molar-refractivity contribution in [2.75, 3.05) is 36.4 Å². The van der Waals surface area contributed by atoms with Crippen molar-refractivity contribution in [2.24, 2.45) is 0 Å². The number of aliphatic hydroxyl groups is 1. The molecule has 116 valence electrons. The third-order valence-electron chi connectivity index (χ3n) is 3.77. The molecule has 1 aromatic rings. The summed E-state index contributed by atoms with van der Waals surface area (Å²) in [5.41, 5.74) is 0.677. The first kappa shape index (κ1) is 15.6. The van der Waals surface area contributed by atoms with Crippen LogP contribution in [0.15, 0.2) is 18.3 Å². The summed E-state index contributed by atoms with van der Waals surface area (Å²) in [7, 11) is 0. The summed E-state index contributed by atoms with van der Waals surface area (Å²) in [5, 5.41) is 12.4. The molecule has 1 aliphatic heterocycles. The Labute approximate surface area is 125 Å². The lowest BCUT2D eigenvalue weighted by Crippen LogP contribution is -2.44. The highest BCUT2D eigenvalue weighted by Gasteiger charge is 2.22. The molecule has 0 aromatic carbocycles. The molecule has 1 fully saturated rings. The summed E-state index contributed by atoms with van der Waals surface area (Å²) < 4.78 is 0. The van der Waals surface area contributed by atoms with Crippen LogP contribution in [-0.4, -0.2) is 53.3 Å². The zero-order valence-electron chi connectivity index (χ0n) is 12.7. The summed E-state index contributed by atoms with van der Waals surface area (Å²) >= 11 is 0. The number of urea groups is 1. The van der Waals surface area contributed by atoms with Crippen LogP contribution in [0.5, 0.6) is 0 Å². The number of nitrogens with one attached hydrogen (secondary N) is 1. The number of likely N-dealkylation sites (tertiary alicyclic amines) is 1. The number of carbonyl (C=O) groups is 1. The van der Waals surface area contributed by atoms with Gasteiger partial charge in [0.15, 0.2) is 0 Å². The maximum absolute atomic E-state index is 12.1. The lowest BCUT2D eigenvalue weighted by Gasteiger charge is -2.30. The van der Waals surface area contributed by atoms with Crippen LogP contribution in [0.4, 0.5) is 16.3 Å². The number of hydrogen-bond acceptors (Lipinski definition) is 4. The standard InChI is InChI=1S/C15H24N4O2/c1-3-18(4-2)14-8-7-12(10-16-14)17-15(21)19-9-5-6-13(20)11-19/h7-8,10,13,20H,3-6,9,11H2,1-2H3,(H,17,21)/t13-/m0/s1. The van der Waals surface area contributed by atoms with Gasteiger partial charge in [-0.1, -0.05) is 0 Å².